The number of carbonyl (C=O) groups excluding carboxylic acids is 2. The Labute approximate surface area is 95.6 Å². The minimum atomic E-state index is -0.169. The van der Waals surface area contributed by atoms with E-state index >= 15 is 0 Å². The smallest absolute Gasteiger partial charge is 0.240 e. The molecule has 1 atom stereocenters. The van der Waals surface area contributed by atoms with E-state index in [1.165, 1.54) is 12.8 Å². The molecule has 2 aliphatic heterocycles. The van der Waals surface area contributed by atoms with E-state index < -0.39 is 0 Å². The molecule has 16 heavy (non-hydrogen) atoms. The Morgan fingerprint density at radius 1 is 1.25 bits per heavy atom. The highest BCUT2D eigenvalue weighted by molar-refractivity contribution is 5.99. The van der Waals surface area contributed by atoms with Crippen molar-refractivity contribution in [2.45, 2.75) is 19.3 Å². The number of carbonyl (C=O) groups is 2. The summed E-state index contributed by atoms with van der Waals surface area (Å²) < 4.78 is 0. The maximum Gasteiger partial charge on any atom is 0.240 e. The van der Waals surface area contributed by atoms with Crippen molar-refractivity contribution in [2.24, 2.45) is 5.92 Å². The number of piperidine rings is 1. The van der Waals surface area contributed by atoms with E-state index in [0.717, 1.165) is 26.1 Å². The van der Waals surface area contributed by atoms with Gasteiger partial charge in [0.25, 0.3) is 0 Å². The average Bonchev–Trinajstić information content (AvgIpc) is 2.27. The van der Waals surface area contributed by atoms with Gasteiger partial charge in [-0.2, -0.15) is 0 Å². The summed E-state index contributed by atoms with van der Waals surface area (Å²) in [5.74, 6) is 0.366. The van der Waals surface area contributed by atoms with Crippen molar-refractivity contribution in [3.05, 3.63) is 0 Å². The Balaban J connectivity index is 1.72. The molecule has 2 N–H and O–H groups in total. The first-order valence-corrected chi connectivity index (χ1v) is 6.00. The summed E-state index contributed by atoms with van der Waals surface area (Å²) in [5, 5.41) is 5.69. The van der Waals surface area contributed by atoms with Gasteiger partial charge in [-0.05, 0) is 44.8 Å². The lowest BCUT2D eigenvalue weighted by Gasteiger charge is -2.28. The third kappa shape index (κ3) is 3.28. The van der Waals surface area contributed by atoms with Crippen molar-refractivity contribution in [3.63, 3.8) is 0 Å². The highest BCUT2D eigenvalue weighted by Crippen LogP contribution is 2.14. The van der Waals surface area contributed by atoms with Gasteiger partial charge in [-0.15, -0.1) is 0 Å². The zero-order chi connectivity index (χ0) is 11.4. The van der Waals surface area contributed by atoms with Crippen molar-refractivity contribution in [3.8, 4) is 0 Å². The number of hydrogen-bond acceptors (Lipinski definition) is 4. The van der Waals surface area contributed by atoms with Crippen LogP contribution in [-0.4, -0.2) is 49.4 Å². The van der Waals surface area contributed by atoms with Crippen molar-refractivity contribution in [2.75, 3.05) is 32.7 Å². The average molecular weight is 225 g/mol. The van der Waals surface area contributed by atoms with E-state index in [1.54, 1.807) is 0 Å². The third-order valence-electron chi connectivity index (χ3n) is 3.27. The van der Waals surface area contributed by atoms with Crippen LogP contribution < -0.4 is 10.6 Å². The first-order valence-electron chi connectivity index (χ1n) is 6.00. The first kappa shape index (κ1) is 11.5. The van der Waals surface area contributed by atoms with Crippen LogP contribution in [0.4, 0.5) is 0 Å². The molecule has 0 aromatic heterocycles. The monoisotopic (exact) mass is 225 g/mol. The molecule has 5 heteroatoms. The molecule has 90 valence electrons. The van der Waals surface area contributed by atoms with Crippen LogP contribution in [0.1, 0.15) is 19.3 Å². The number of piperazine rings is 1. The Hall–Kier alpha value is -0.940. The Bertz CT molecular complexity index is 258. The lowest BCUT2D eigenvalue weighted by molar-refractivity contribution is -0.136. The molecule has 0 bridgehead atoms. The van der Waals surface area contributed by atoms with Gasteiger partial charge in [0.15, 0.2) is 0 Å². The second kappa shape index (κ2) is 5.41. The van der Waals surface area contributed by atoms with Gasteiger partial charge in [-0.25, -0.2) is 0 Å². The van der Waals surface area contributed by atoms with Crippen LogP contribution in [0.15, 0.2) is 0 Å². The van der Waals surface area contributed by atoms with Crippen LogP contribution in [-0.2, 0) is 9.59 Å². The number of rotatable bonds is 3. The molecule has 2 saturated heterocycles. The molecule has 2 aliphatic rings. The van der Waals surface area contributed by atoms with Gasteiger partial charge in [0.2, 0.25) is 11.8 Å². The molecule has 5 nitrogen and oxygen atoms in total. The SMILES string of the molecule is O=C1CN(CCC2CCCNC2)CC(=O)N1. The fourth-order valence-electron chi connectivity index (χ4n) is 2.39. The molecular formula is C11H19N3O2. The second-order valence-electron chi connectivity index (χ2n) is 4.68. The van der Waals surface area contributed by atoms with Crippen molar-refractivity contribution in [1.29, 1.82) is 0 Å². The quantitative estimate of drug-likeness (QED) is 0.626. The summed E-state index contributed by atoms with van der Waals surface area (Å²) in [6.07, 6.45) is 3.58. The van der Waals surface area contributed by atoms with E-state index in [-0.39, 0.29) is 11.8 Å². The standard InChI is InChI=1S/C11H19N3O2/c15-10-7-14(8-11(16)13-10)5-3-9-2-1-4-12-6-9/h9,12H,1-8H2,(H,13,15,16). The van der Waals surface area contributed by atoms with Gasteiger partial charge >= 0.3 is 0 Å². The topological polar surface area (TPSA) is 61.4 Å². The van der Waals surface area contributed by atoms with Crippen molar-refractivity contribution >= 4 is 11.8 Å². The maximum absolute atomic E-state index is 11.1. The summed E-state index contributed by atoms with van der Waals surface area (Å²) in [7, 11) is 0. The largest absolute Gasteiger partial charge is 0.316 e. The molecule has 2 heterocycles. The Morgan fingerprint density at radius 2 is 2.00 bits per heavy atom. The molecule has 2 rings (SSSR count). The molecule has 2 fully saturated rings. The minimum Gasteiger partial charge on any atom is -0.316 e. The molecule has 0 spiro atoms. The van der Waals surface area contributed by atoms with E-state index in [0.29, 0.717) is 19.0 Å². The summed E-state index contributed by atoms with van der Waals surface area (Å²) in [4.78, 5) is 24.2. The van der Waals surface area contributed by atoms with Crippen LogP contribution in [0.2, 0.25) is 0 Å². The first-order chi connectivity index (χ1) is 7.74. The number of hydrogen-bond donors (Lipinski definition) is 2. The van der Waals surface area contributed by atoms with E-state index in [4.69, 9.17) is 0 Å². The van der Waals surface area contributed by atoms with Crippen LogP contribution in [0.25, 0.3) is 0 Å². The number of imide groups is 1. The third-order valence-corrected chi connectivity index (χ3v) is 3.27. The second-order valence-corrected chi connectivity index (χ2v) is 4.68. The van der Waals surface area contributed by atoms with Gasteiger partial charge in [-0.3, -0.25) is 19.8 Å². The van der Waals surface area contributed by atoms with Crippen LogP contribution in [0.3, 0.4) is 0 Å². The minimum absolute atomic E-state index is 0.169. The van der Waals surface area contributed by atoms with E-state index in [1.807, 2.05) is 4.90 Å². The van der Waals surface area contributed by atoms with Gasteiger partial charge in [0, 0.05) is 0 Å². The summed E-state index contributed by atoms with van der Waals surface area (Å²) in [5.41, 5.74) is 0. The molecular weight excluding hydrogens is 206 g/mol. The Kier molecular flexibility index (Phi) is 3.90. The zero-order valence-corrected chi connectivity index (χ0v) is 9.50. The van der Waals surface area contributed by atoms with Gasteiger partial charge < -0.3 is 5.32 Å². The summed E-state index contributed by atoms with van der Waals surface area (Å²) in [6, 6.07) is 0. The highest BCUT2D eigenvalue weighted by atomic mass is 16.2. The van der Waals surface area contributed by atoms with Crippen LogP contribution >= 0.6 is 0 Å². The molecule has 0 radical (unpaired) electrons. The summed E-state index contributed by atoms with van der Waals surface area (Å²) in [6.45, 7) is 3.79. The predicted molar refractivity (Wildman–Crippen MR) is 59.8 cm³/mol. The van der Waals surface area contributed by atoms with Crippen molar-refractivity contribution < 1.29 is 9.59 Å². The van der Waals surface area contributed by atoms with Gasteiger partial charge in [-0.1, -0.05) is 0 Å². The normalized spacial score (nSPS) is 27.9. The molecule has 1 unspecified atom stereocenters. The molecule has 0 aromatic rings. The highest BCUT2D eigenvalue weighted by Gasteiger charge is 2.23. The zero-order valence-electron chi connectivity index (χ0n) is 9.50. The molecule has 0 aliphatic carbocycles. The van der Waals surface area contributed by atoms with E-state index in [9.17, 15) is 9.59 Å². The van der Waals surface area contributed by atoms with Gasteiger partial charge in [0.1, 0.15) is 0 Å². The predicted octanol–water partition coefficient (Wildman–Crippen LogP) is -0.665. The summed E-state index contributed by atoms with van der Waals surface area (Å²) >= 11 is 0. The molecule has 2 amide bonds. The number of nitrogens with one attached hydrogen (secondary N) is 2. The fourth-order valence-corrected chi connectivity index (χ4v) is 2.39. The maximum atomic E-state index is 11.1. The van der Waals surface area contributed by atoms with E-state index in [2.05, 4.69) is 10.6 Å². The van der Waals surface area contributed by atoms with Crippen LogP contribution in [0, 0.1) is 5.92 Å². The fraction of sp³-hybridized carbons (Fsp3) is 0.818. The Morgan fingerprint density at radius 3 is 2.62 bits per heavy atom. The lowest BCUT2D eigenvalue weighted by atomic mass is 9.96. The molecule has 0 aromatic carbocycles. The van der Waals surface area contributed by atoms with Crippen LogP contribution in [0.5, 0.6) is 0 Å². The number of amides is 2. The lowest BCUT2D eigenvalue weighted by Crippen LogP contribution is -2.51. The van der Waals surface area contributed by atoms with Crippen molar-refractivity contribution in [1.82, 2.24) is 15.5 Å². The number of nitrogens with zero attached hydrogens (tertiary/aromatic N) is 1. The van der Waals surface area contributed by atoms with Gasteiger partial charge in [0.05, 0.1) is 13.1 Å². The molecule has 0 saturated carbocycles.